The lowest BCUT2D eigenvalue weighted by Crippen LogP contribution is -2.52. The summed E-state index contributed by atoms with van der Waals surface area (Å²) < 4.78 is 40.0. The van der Waals surface area contributed by atoms with Crippen molar-refractivity contribution in [2.24, 2.45) is 5.92 Å². The number of halogens is 1. The summed E-state index contributed by atoms with van der Waals surface area (Å²) >= 11 is 0. The van der Waals surface area contributed by atoms with E-state index in [1.165, 1.54) is 24.1 Å². The number of nitrogens with zero attached hydrogens (tertiary/aromatic N) is 2. The molecule has 1 amide bonds. The number of pyridine rings is 1. The van der Waals surface area contributed by atoms with Crippen LogP contribution in [0.25, 0.3) is 0 Å². The number of aliphatic carboxylic acids is 1. The van der Waals surface area contributed by atoms with Gasteiger partial charge in [-0.2, -0.15) is 4.72 Å². The first-order valence-electron chi connectivity index (χ1n) is 11.5. The number of aryl methyl sites for hydroxylation is 3. The van der Waals surface area contributed by atoms with E-state index in [2.05, 4.69) is 12.1 Å². The van der Waals surface area contributed by atoms with Gasteiger partial charge in [0, 0.05) is 24.5 Å². The van der Waals surface area contributed by atoms with Gasteiger partial charge in [0.25, 0.3) is 0 Å². The predicted octanol–water partition coefficient (Wildman–Crippen LogP) is 2.31. The Balaban J connectivity index is 1.26. The molecule has 1 fully saturated rings. The zero-order chi connectivity index (χ0) is 24.3. The molecule has 10 heteroatoms. The Kier molecular flexibility index (Phi) is 7.27. The molecular weight excluding hydrogens is 461 g/mol. The summed E-state index contributed by atoms with van der Waals surface area (Å²) in [7, 11) is -4.21. The molecule has 2 aliphatic rings. The number of amides is 1. The highest BCUT2D eigenvalue weighted by Crippen LogP contribution is 2.24. The molecule has 1 aromatic carbocycles. The van der Waals surface area contributed by atoms with Crippen molar-refractivity contribution in [1.82, 2.24) is 14.6 Å². The van der Waals surface area contributed by atoms with Gasteiger partial charge in [0.05, 0.1) is 11.3 Å². The van der Waals surface area contributed by atoms with Crippen LogP contribution < -0.4 is 4.72 Å². The fraction of sp³-hybridized carbons (Fsp3) is 0.458. The number of sulfonamides is 1. The Hall–Kier alpha value is -2.85. The van der Waals surface area contributed by atoms with E-state index in [0.29, 0.717) is 19.0 Å². The fourth-order valence-electron chi connectivity index (χ4n) is 4.43. The number of carbonyl (C=O) groups is 2. The minimum absolute atomic E-state index is 0.271. The number of carboxylic acids is 1. The quantitative estimate of drug-likeness (QED) is 0.558. The summed E-state index contributed by atoms with van der Waals surface area (Å²) in [6.45, 7) is 1.03. The Morgan fingerprint density at radius 1 is 1.12 bits per heavy atom. The third-order valence-corrected chi connectivity index (χ3v) is 7.94. The number of fused-ring (bicyclic) bond motifs is 1. The minimum atomic E-state index is -4.21. The highest BCUT2D eigenvalue weighted by molar-refractivity contribution is 7.89. The van der Waals surface area contributed by atoms with Gasteiger partial charge < -0.3 is 10.0 Å². The molecular formula is C24H28FN3O5S. The van der Waals surface area contributed by atoms with E-state index in [4.69, 9.17) is 4.98 Å². The van der Waals surface area contributed by atoms with E-state index in [1.807, 2.05) is 4.72 Å². The Bertz CT molecular complexity index is 1160. The Labute approximate surface area is 198 Å². The topological polar surface area (TPSA) is 117 Å². The SMILES string of the molecule is O=C(O)[C@H](CC(=O)N1CC(CCc2ccc3c(n2)CCCC3)C1)NS(=O)(=O)c1ccc(F)cc1. The summed E-state index contributed by atoms with van der Waals surface area (Å²) in [6.07, 6.45) is 5.75. The molecule has 34 heavy (non-hydrogen) atoms. The molecule has 0 radical (unpaired) electrons. The smallest absolute Gasteiger partial charge is 0.322 e. The van der Waals surface area contributed by atoms with E-state index >= 15 is 0 Å². The van der Waals surface area contributed by atoms with E-state index in [9.17, 15) is 27.5 Å². The van der Waals surface area contributed by atoms with E-state index < -0.39 is 40.2 Å². The summed E-state index contributed by atoms with van der Waals surface area (Å²) in [6, 6.07) is 6.65. The van der Waals surface area contributed by atoms with Gasteiger partial charge in [-0.1, -0.05) is 6.07 Å². The number of carboxylic acid groups (broad SMARTS) is 1. The van der Waals surface area contributed by atoms with Crippen molar-refractivity contribution in [3.63, 3.8) is 0 Å². The van der Waals surface area contributed by atoms with E-state index in [1.54, 1.807) is 4.90 Å². The van der Waals surface area contributed by atoms with E-state index in [0.717, 1.165) is 55.6 Å². The van der Waals surface area contributed by atoms with Crippen LogP contribution in [0.1, 0.15) is 42.6 Å². The lowest BCUT2D eigenvalue weighted by Gasteiger charge is -2.40. The van der Waals surface area contributed by atoms with Crippen LogP contribution in [0.3, 0.4) is 0 Å². The van der Waals surface area contributed by atoms with Crippen molar-refractivity contribution in [1.29, 1.82) is 0 Å². The van der Waals surface area contributed by atoms with Gasteiger partial charge in [-0.15, -0.1) is 0 Å². The molecule has 1 aromatic heterocycles. The predicted molar refractivity (Wildman–Crippen MR) is 122 cm³/mol. The molecule has 1 atom stereocenters. The van der Waals surface area contributed by atoms with Crippen LogP contribution in [0.5, 0.6) is 0 Å². The first kappa shape index (κ1) is 24.3. The molecule has 1 aliphatic heterocycles. The molecule has 182 valence electrons. The molecule has 1 aliphatic carbocycles. The first-order chi connectivity index (χ1) is 16.2. The molecule has 2 heterocycles. The van der Waals surface area contributed by atoms with Crippen LogP contribution >= 0.6 is 0 Å². The second-order valence-electron chi connectivity index (χ2n) is 8.99. The fourth-order valence-corrected chi connectivity index (χ4v) is 5.62. The molecule has 2 aromatic rings. The van der Waals surface area contributed by atoms with Crippen molar-refractivity contribution < 1.29 is 27.5 Å². The number of hydrogen-bond acceptors (Lipinski definition) is 5. The molecule has 0 unspecified atom stereocenters. The number of nitrogens with one attached hydrogen (secondary N) is 1. The normalized spacial score (nSPS) is 17.0. The van der Waals surface area contributed by atoms with E-state index in [-0.39, 0.29) is 4.90 Å². The largest absolute Gasteiger partial charge is 0.480 e. The lowest BCUT2D eigenvalue weighted by molar-refractivity contribution is -0.145. The van der Waals surface area contributed by atoms with Gasteiger partial charge in [-0.3, -0.25) is 14.6 Å². The maximum Gasteiger partial charge on any atom is 0.322 e. The third-order valence-electron chi connectivity index (χ3n) is 6.45. The average molecular weight is 490 g/mol. The molecule has 0 saturated carbocycles. The number of carbonyl (C=O) groups excluding carboxylic acids is 1. The zero-order valence-corrected chi connectivity index (χ0v) is 19.6. The summed E-state index contributed by atoms with van der Waals surface area (Å²) in [5.41, 5.74) is 3.61. The van der Waals surface area contributed by atoms with Crippen LogP contribution in [0, 0.1) is 11.7 Å². The first-order valence-corrected chi connectivity index (χ1v) is 13.0. The van der Waals surface area contributed by atoms with Crippen LogP contribution in [-0.2, 0) is 38.9 Å². The molecule has 2 N–H and O–H groups in total. The van der Waals surface area contributed by atoms with Crippen molar-refractivity contribution in [3.05, 3.63) is 59.2 Å². The van der Waals surface area contributed by atoms with Crippen molar-refractivity contribution in [2.75, 3.05) is 13.1 Å². The standard InChI is InChI=1S/C24H28FN3O5S/c25-18-7-11-20(12-8-18)34(32,33)27-22(24(30)31)13-23(29)28-14-16(15-28)5-9-19-10-6-17-3-1-2-4-21(17)26-19/h6-8,10-12,16,22,27H,1-5,9,13-15H2,(H,30,31)/t22-/m0/s1. The van der Waals surface area contributed by atoms with Gasteiger partial charge in [0.15, 0.2) is 0 Å². The number of likely N-dealkylation sites (tertiary alicyclic amines) is 1. The maximum absolute atomic E-state index is 13.1. The molecule has 4 rings (SSSR count). The van der Waals surface area contributed by atoms with Gasteiger partial charge in [-0.05, 0) is 80.3 Å². The average Bonchev–Trinajstić information content (AvgIpc) is 2.77. The lowest BCUT2D eigenvalue weighted by atomic mass is 9.92. The van der Waals surface area contributed by atoms with Crippen molar-refractivity contribution in [3.8, 4) is 0 Å². The molecule has 0 spiro atoms. The number of hydrogen-bond donors (Lipinski definition) is 2. The third kappa shape index (κ3) is 5.79. The summed E-state index contributed by atoms with van der Waals surface area (Å²) in [5, 5.41) is 9.43. The Morgan fingerprint density at radius 2 is 1.82 bits per heavy atom. The molecule has 0 bridgehead atoms. The highest BCUT2D eigenvalue weighted by Gasteiger charge is 2.34. The second-order valence-corrected chi connectivity index (χ2v) is 10.7. The summed E-state index contributed by atoms with van der Waals surface area (Å²) in [5.74, 6) is -2.17. The highest BCUT2D eigenvalue weighted by atomic mass is 32.2. The number of aromatic nitrogens is 1. The Morgan fingerprint density at radius 3 is 2.53 bits per heavy atom. The van der Waals surface area contributed by atoms with Crippen LogP contribution in [0.4, 0.5) is 4.39 Å². The summed E-state index contributed by atoms with van der Waals surface area (Å²) in [4.78, 5) is 30.2. The number of benzene rings is 1. The zero-order valence-electron chi connectivity index (χ0n) is 18.7. The van der Waals surface area contributed by atoms with Crippen molar-refractivity contribution in [2.45, 2.75) is 55.9 Å². The van der Waals surface area contributed by atoms with Crippen LogP contribution in [-0.4, -0.2) is 54.4 Å². The molecule has 1 saturated heterocycles. The minimum Gasteiger partial charge on any atom is -0.480 e. The van der Waals surface area contributed by atoms with Crippen LogP contribution in [0.15, 0.2) is 41.3 Å². The van der Waals surface area contributed by atoms with Gasteiger partial charge in [0.1, 0.15) is 11.9 Å². The number of rotatable bonds is 9. The van der Waals surface area contributed by atoms with Gasteiger partial charge in [0.2, 0.25) is 15.9 Å². The maximum atomic E-state index is 13.1. The van der Waals surface area contributed by atoms with Crippen molar-refractivity contribution >= 4 is 21.9 Å². The van der Waals surface area contributed by atoms with Crippen LogP contribution in [0.2, 0.25) is 0 Å². The second kappa shape index (κ2) is 10.2. The molecule has 8 nitrogen and oxygen atoms in total. The van der Waals surface area contributed by atoms with Gasteiger partial charge in [-0.25, -0.2) is 12.8 Å². The monoisotopic (exact) mass is 489 g/mol. The van der Waals surface area contributed by atoms with Gasteiger partial charge >= 0.3 is 5.97 Å².